The van der Waals surface area contributed by atoms with Crippen LogP contribution < -0.4 is 4.74 Å². The Morgan fingerprint density at radius 2 is 1.54 bits per heavy atom. The molecule has 3 fully saturated rings. The maximum absolute atomic E-state index is 15.5. The van der Waals surface area contributed by atoms with Crippen LogP contribution in [0.5, 0.6) is 5.75 Å². The summed E-state index contributed by atoms with van der Waals surface area (Å²) in [6.07, 6.45) is 15.5. The predicted octanol–water partition coefficient (Wildman–Crippen LogP) is 8.71. The van der Waals surface area contributed by atoms with Gasteiger partial charge in [0, 0.05) is 0 Å². The van der Waals surface area contributed by atoms with Crippen molar-refractivity contribution in [2.75, 3.05) is 6.61 Å². The van der Waals surface area contributed by atoms with Gasteiger partial charge in [-0.25, -0.2) is 4.39 Å². The molecule has 0 saturated heterocycles. The highest BCUT2D eigenvalue weighted by molar-refractivity contribution is 5.58. The van der Waals surface area contributed by atoms with Gasteiger partial charge in [0.05, 0.1) is 12.2 Å². The maximum Gasteiger partial charge on any atom is 0.138 e. The molecule has 2 bridgehead atoms. The van der Waals surface area contributed by atoms with Gasteiger partial charge in [0.2, 0.25) is 0 Å². The van der Waals surface area contributed by atoms with Crippen molar-refractivity contribution in [3.63, 3.8) is 0 Å². The molecule has 4 heteroatoms. The van der Waals surface area contributed by atoms with Crippen molar-refractivity contribution in [2.24, 2.45) is 5.41 Å². The van der Waals surface area contributed by atoms with Crippen molar-refractivity contribution in [2.45, 2.75) is 109 Å². The molecule has 0 N–H and O–H groups in total. The Bertz CT molecular complexity index is 1150. The second kappa shape index (κ2) is 12.1. The van der Waals surface area contributed by atoms with Crippen LogP contribution in [0.4, 0.5) is 4.39 Å². The third-order valence-electron chi connectivity index (χ3n) is 9.23. The SMILES string of the molecule is CCCCCC12CCC(c3ccc(CCc4ccc(OCCCC)c(C#N)c4C#N)cc3F)(CC1)CC2. The number of nitrogens with zero attached hydrogens (tertiary/aromatic N) is 2. The zero-order valence-electron chi connectivity index (χ0n) is 22.7. The average molecular weight is 501 g/mol. The summed E-state index contributed by atoms with van der Waals surface area (Å²) >= 11 is 0. The Kier molecular flexibility index (Phi) is 8.91. The van der Waals surface area contributed by atoms with E-state index in [1.807, 2.05) is 12.1 Å². The smallest absolute Gasteiger partial charge is 0.138 e. The second-order valence-corrected chi connectivity index (χ2v) is 11.5. The van der Waals surface area contributed by atoms with E-state index in [4.69, 9.17) is 4.74 Å². The highest BCUT2D eigenvalue weighted by atomic mass is 19.1. The minimum absolute atomic E-state index is 0.0123. The van der Waals surface area contributed by atoms with E-state index in [1.165, 1.54) is 44.9 Å². The van der Waals surface area contributed by atoms with Gasteiger partial charge in [-0.15, -0.1) is 0 Å². The van der Waals surface area contributed by atoms with E-state index >= 15 is 4.39 Å². The van der Waals surface area contributed by atoms with Gasteiger partial charge in [0.1, 0.15) is 29.3 Å². The Morgan fingerprint density at radius 1 is 0.838 bits per heavy atom. The van der Waals surface area contributed by atoms with Gasteiger partial charge < -0.3 is 4.74 Å². The number of unbranched alkanes of at least 4 members (excludes halogenated alkanes) is 3. The maximum atomic E-state index is 15.5. The molecule has 3 aliphatic rings. The van der Waals surface area contributed by atoms with E-state index < -0.39 is 0 Å². The number of rotatable bonds is 12. The number of nitriles is 2. The summed E-state index contributed by atoms with van der Waals surface area (Å²) in [4.78, 5) is 0. The lowest BCUT2D eigenvalue weighted by molar-refractivity contribution is 0.0289. The first-order valence-electron chi connectivity index (χ1n) is 14.4. The molecule has 0 atom stereocenters. The highest BCUT2D eigenvalue weighted by Crippen LogP contribution is 2.59. The lowest BCUT2D eigenvalue weighted by atomic mass is 9.51. The number of halogens is 1. The van der Waals surface area contributed by atoms with Crippen LogP contribution in [0, 0.1) is 33.9 Å². The number of hydrogen-bond acceptors (Lipinski definition) is 3. The molecule has 0 unspecified atom stereocenters. The van der Waals surface area contributed by atoms with Gasteiger partial charge in [-0.2, -0.15) is 10.5 Å². The van der Waals surface area contributed by atoms with Gasteiger partial charge >= 0.3 is 0 Å². The fourth-order valence-electron chi connectivity index (χ4n) is 6.74. The van der Waals surface area contributed by atoms with E-state index in [1.54, 1.807) is 12.1 Å². The molecule has 3 aliphatic carbocycles. The predicted molar refractivity (Wildman–Crippen MR) is 146 cm³/mol. The number of hydrogen-bond donors (Lipinski definition) is 0. The number of aryl methyl sites for hydroxylation is 2. The molecule has 3 nitrogen and oxygen atoms in total. The van der Waals surface area contributed by atoms with E-state index in [2.05, 4.69) is 32.1 Å². The third-order valence-corrected chi connectivity index (χ3v) is 9.23. The van der Waals surface area contributed by atoms with Crippen molar-refractivity contribution in [3.8, 4) is 17.9 Å². The Morgan fingerprint density at radius 3 is 2.16 bits per heavy atom. The normalized spacial score (nSPS) is 22.4. The van der Waals surface area contributed by atoms with Gasteiger partial charge in [-0.05, 0) is 104 Å². The van der Waals surface area contributed by atoms with Gasteiger partial charge in [-0.3, -0.25) is 0 Å². The Hall–Kier alpha value is -2.85. The molecule has 0 aromatic heterocycles. The van der Waals surface area contributed by atoms with Crippen molar-refractivity contribution in [3.05, 3.63) is 64.0 Å². The number of fused-ring (bicyclic) bond motifs is 3. The molecule has 196 valence electrons. The van der Waals surface area contributed by atoms with E-state index in [-0.39, 0.29) is 11.2 Å². The monoisotopic (exact) mass is 500 g/mol. The van der Waals surface area contributed by atoms with Gasteiger partial charge in [0.15, 0.2) is 0 Å². The van der Waals surface area contributed by atoms with Crippen molar-refractivity contribution in [1.82, 2.24) is 0 Å². The third kappa shape index (κ3) is 5.85. The topological polar surface area (TPSA) is 56.8 Å². The first-order chi connectivity index (χ1) is 18.0. The number of ether oxygens (including phenoxy) is 1. The van der Waals surface area contributed by atoms with E-state index in [9.17, 15) is 10.5 Å². The molecule has 5 rings (SSSR count). The minimum atomic E-state index is -0.0734. The summed E-state index contributed by atoms with van der Waals surface area (Å²) < 4.78 is 21.3. The summed E-state index contributed by atoms with van der Waals surface area (Å²) in [5.41, 5.74) is 3.86. The van der Waals surface area contributed by atoms with E-state index in [0.717, 1.165) is 48.8 Å². The summed E-state index contributed by atoms with van der Waals surface area (Å²) in [5.74, 6) is 0.399. The van der Waals surface area contributed by atoms with Crippen LogP contribution in [0.3, 0.4) is 0 Å². The van der Waals surface area contributed by atoms with Crippen LogP contribution in [-0.2, 0) is 18.3 Å². The zero-order chi connectivity index (χ0) is 26.3. The molecular weight excluding hydrogens is 459 g/mol. The lowest BCUT2D eigenvalue weighted by Gasteiger charge is -2.54. The second-order valence-electron chi connectivity index (χ2n) is 11.5. The fourth-order valence-corrected chi connectivity index (χ4v) is 6.74. The molecule has 37 heavy (non-hydrogen) atoms. The molecule has 2 aromatic rings. The lowest BCUT2D eigenvalue weighted by Crippen LogP contribution is -2.44. The molecule has 0 amide bonds. The van der Waals surface area contributed by atoms with Crippen molar-refractivity contribution < 1.29 is 9.13 Å². The van der Waals surface area contributed by atoms with E-state index in [0.29, 0.717) is 41.7 Å². The first kappa shape index (κ1) is 27.2. The Balaban J connectivity index is 1.43. The molecule has 0 aliphatic heterocycles. The first-order valence-corrected chi connectivity index (χ1v) is 14.4. The Labute approximate surface area is 222 Å². The molecule has 2 aromatic carbocycles. The molecule has 0 radical (unpaired) electrons. The number of benzene rings is 2. The minimum Gasteiger partial charge on any atom is -0.492 e. The summed E-state index contributed by atoms with van der Waals surface area (Å²) in [6.45, 7) is 4.88. The van der Waals surface area contributed by atoms with Crippen LogP contribution in [0.15, 0.2) is 30.3 Å². The van der Waals surface area contributed by atoms with Gasteiger partial charge in [-0.1, -0.05) is 57.7 Å². The summed E-state index contributed by atoms with van der Waals surface area (Å²) in [6, 6.07) is 13.9. The largest absolute Gasteiger partial charge is 0.492 e. The quantitative estimate of drug-likeness (QED) is 0.274. The molecule has 0 spiro atoms. The zero-order valence-corrected chi connectivity index (χ0v) is 22.7. The van der Waals surface area contributed by atoms with Crippen LogP contribution in [0.2, 0.25) is 0 Å². The molecule has 3 saturated carbocycles. The standard InChI is InChI=1S/C33H41FN2O/c1-3-5-7-14-32-15-18-33(19-16-32,20-17-32)29-12-9-25(22-30(29)34)8-10-26-11-13-31(37-21-6-4-2)28(24-36)27(26)23-35/h9,11-13,22H,3-8,10,14-21H2,1-2H3. The van der Waals surface area contributed by atoms with Gasteiger partial charge in [0.25, 0.3) is 0 Å². The van der Waals surface area contributed by atoms with Crippen LogP contribution in [0.25, 0.3) is 0 Å². The fraction of sp³-hybridized carbons (Fsp3) is 0.576. The van der Waals surface area contributed by atoms with Crippen molar-refractivity contribution >= 4 is 0 Å². The van der Waals surface area contributed by atoms with Crippen LogP contribution in [0.1, 0.15) is 119 Å². The highest BCUT2D eigenvalue weighted by Gasteiger charge is 2.49. The molecular formula is C33H41FN2O. The van der Waals surface area contributed by atoms with Crippen LogP contribution >= 0.6 is 0 Å². The van der Waals surface area contributed by atoms with Crippen molar-refractivity contribution in [1.29, 1.82) is 10.5 Å². The van der Waals surface area contributed by atoms with Crippen LogP contribution in [-0.4, -0.2) is 6.61 Å². The summed E-state index contributed by atoms with van der Waals surface area (Å²) in [7, 11) is 0. The summed E-state index contributed by atoms with van der Waals surface area (Å²) in [5, 5.41) is 19.4. The molecule has 0 heterocycles. The average Bonchev–Trinajstić information content (AvgIpc) is 2.93.